The van der Waals surface area contributed by atoms with Crippen molar-refractivity contribution in [2.75, 3.05) is 6.61 Å². The van der Waals surface area contributed by atoms with Crippen molar-refractivity contribution in [2.24, 2.45) is 0 Å². The molecule has 0 amide bonds. The van der Waals surface area contributed by atoms with Crippen molar-refractivity contribution in [3.05, 3.63) is 40.9 Å². The Morgan fingerprint density at radius 3 is 2.26 bits per heavy atom. The maximum Gasteiger partial charge on any atom is 0.471 e. The van der Waals surface area contributed by atoms with Crippen molar-refractivity contribution < 1.29 is 27.0 Å². The highest BCUT2D eigenvalue weighted by molar-refractivity contribution is 5.61. The van der Waals surface area contributed by atoms with Gasteiger partial charge in [0.15, 0.2) is 5.82 Å². The van der Waals surface area contributed by atoms with Crippen molar-refractivity contribution in [1.82, 2.24) is 20.3 Å². The first-order valence-corrected chi connectivity index (χ1v) is 8.18. The number of ether oxygens (including phenoxy) is 1. The highest BCUT2D eigenvalue weighted by atomic mass is 19.4. The zero-order valence-corrected chi connectivity index (χ0v) is 14.9. The van der Waals surface area contributed by atoms with Gasteiger partial charge in [-0.1, -0.05) is 10.3 Å². The average Bonchev–Trinajstić information content (AvgIpc) is 3.22. The molecule has 7 nitrogen and oxygen atoms in total. The van der Waals surface area contributed by atoms with Crippen LogP contribution in [0.4, 0.5) is 13.2 Å². The number of hydrogen-bond donors (Lipinski definition) is 0. The van der Waals surface area contributed by atoms with E-state index in [-0.39, 0.29) is 5.82 Å². The van der Waals surface area contributed by atoms with Gasteiger partial charge in [0.2, 0.25) is 11.7 Å². The first-order valence-electron chi connectivity index (χ1n) is 8.18. The summed E-state index contributed by atoms with van der Waals surface area (Å²) < 4.78 is 52.9. The van der Waals surface area contributed by atoms with E-state index in [1.807, 2.05) is 0 Å². The van der Waals surface area contributed by atoms with Crippen LogP contribution in [0.5, 0.6) is 5.75 Å². The van der Waals surface area contributed by atoms with Crippen LogP contribution in [0, 0.1) is 20.8 Å². The molecular weight excluding hydrogens is 365 g/mol. The van der Waals surface area contributed by atoms with E-state index in [4.69, 9.17) is 9.26 Å². The largest absolute Gasteiger partial charge is 0.493 e. The molecule has 1 aromatic carbocycles. The molecule has 2 aromatic heterocycles. The highest BCUT2D eigenvalue weighted by Crippen LogP contribution is 2.32. The van der Waals surface area contributed by atoms with Gasteiger partial charge in [0.25, 0.3) is 0 Å². The van der Waals surface area contributed by atoms with Crippen LogP contribution in [0.25, 0.3) is 11.4 Å². The van der Waals surface area contributed by atoms with E-state index in [1.165, 1.54) is 0 Å². The minimum absolute atomic E-state index is 0.119. The second-order valence-electron chi connectivity index (χ2n) is 6.05. The summed E-state index contributed by atoms with van der Waals surface area (Å²) in [4.78, 5) is 7.53. The van der Waals surface area contributed by atoms with Gasteiger partial charge in [0, 0.05) is 12.0 Å². The number of hydrogen-bond acceptors (Lipinski definition) is 7. The van der Waals surface area contributed by atoms with Gasteiger partial charge in [-0.25, -0.2) is 0 Å². The third kappa shape index (κ3) is 4.44. The standard InChI is InChI=1S/C17H17F3N4O3/c1-9-7-12(15-22-16(27-24-15)17(18,19)20)8-10(2)14(9)25-6-4-5-13-21-11(3)23-26-13/h7-8H,4-6H2,1-3H3. The lowest BCUT2D eigenvalue weighted by Crippen LogP contribution is -2.05. The zero-order chi connectivity index (χ0) is 19.6. The van der Waals surface area contributed by atoms with Crippen LogP contribution in [0.3, 0.4) is 0 Å². The molecule has 0 saturated carbocycles. The predicted molar refractivity (Wildman–Crippen MR) is 87.1 cm³/mol. The van der Waals surface area contributed by atoms with E-state index >= 15 is 0 Å². The molecule has 3 aromatic rings. The van der Waals surface area contributed by atoms with Gasteiger partial charge in [-0.05, 0) is 50.5 Å². The lowest BCUT2D eigenvalue weighted by molar-refractivity contribution is -0.159. The maximum absolute atomic E-state index is 12.6. The van der Waals surface area contributed by atoms with Gasteiger partial charge in [-0.15, -0.1) is 0 Å². The molecule has 0 spiro atoms. The third-order valence-corrected chi connectivity index (χ3v) is 3.74. The van der Waals surface area contributed by atoms with Crippen molar-refractivity contribution in [1.29, 1.82) is 0 Å². The fraction of sp³-hybridized carbons (Fsp3) is 0.412. The monoisotopic (exact) mass is 382 g/mol. The number of aryl methyl sites for hydroxylation is 4. The van der Waals surface area contributed by atoms with Crippen LogP contribution in [0.2, 0.25) is 0 Å². The lowest BCUT2D eigenvalue weighted by Gasteiger charge is -2.13. The maximum atomic E-state index is 12.6. The van der Waals surface area contributed by atoms with Crippen molar-refractivity contribution >= 4 is 0 Å². The summed E-state index contributed by atoms with van der Waals surface area (Å²) in [5.74, 6) is 0.317. The second-order valence-corrected chi connectivity index (χ2v) is 6.05. The molecule has 144 valence electrons. The molecular formula is C17H17F3N4O3. The molecule has 10 heteroatoms. The zero-order valence-electron chi connectivity index (χ0n) is 14.9. The Balaban J connectivity index is 1.66. The Bertz CT molecular complexity index is 911. The number of nitrogens with zero attached hydrogens (tertiary/aromatic N) is 4. The molecule has 0 N–H and O–H groups in total. The Kier molecular flexibility index (Phi) is 5.15. The molecule has 0 unspecified atom stereocenters. The van der Waals surface area contributed by atoms with Crippen molar-refractivity contribution in [3.63, 3.8) is 0 Å². The minimum atomic E-state index is -4.67. The number of halogens is 3. The molecule has 0 saturated heterocycles. The molecule has 3 rings (SSSR count). The van der Waals surface area contributed by atoms with E-state index in [9.17, 15) is 13.2 Å². The van der Waals surface area contributed by atoms with Crippen molar-refractivity contribution in [3.8, 4) is 17.1 Å². The fourth-order valence-corrected chi connectivity index (χ4v) is 2.60. The fourth-order valence-electron chi connectivity index (χ4n) is 2.60. The summed E-state index contributed by atoms with van der Waals surface area (Å²) in [5, 5.41) is 7.13. The lowest BCUT2D eigenvalue weighted by atomic mass is 10.1. The van der Waals surface area contributed by atoms with Gasteiger partial charge in [0.1, 0.15) is 5.75 Å². The van der Waals surface area contributed by atoms with Gasteiger partial charge in [-0.2, -0.15) is 23.1 Å². The van der Waals surface area contributed by atoms with Gasteiger partial charge in [-0.3, -0.25) is 0 Å². The first-order chi connectivity index (χ1) is 12.7. The molecule has 0 aliphatic heterocycles. The van der Waals surface area contributed by atoms with Crippen LogP contribution >= 0.6 is 0 Å². The number of alkyl halides is 3. The van der Waals surface area contributed by atoms with Crippen LogP contribution < -0.4 is 4.74 Å². The molecule has 0 atom stereocenters. The predicted octanol–water partition coefficient (Wildman–Crippen LogP) is 4.08. The third-order valence-electron chi connectivity index (χ3n) is 3.74. The number of aromatic nitrogens is 4. The van der Waals surface area contributed by atoms with Crippen LogP contribution in [-0.2, 0) is 12.6 Å². The second kappa shape index (κ2) is 7.37. The van der Waals surface area contributed by atoms with Crippen LogP contribution in [0.1, 0.15) is 35.2 Å². The normalized spacial score (nSPS) is 11.8. The molecule has 0 fully saturated rings. The molecule has 0 aliphatic carbocycles. The summed E-state index contributed by atoms with van der Waals surface area (Å²) >= 11 is 0. The molecule has 0 aliphatic rings. The quantitative estimate of drug-likeness (QED) is 0.594. The Morgan fingerprint density at radius 2 is 1.70 bits per heavy atom. The van der Waals surface area contributed by atoms with E-state index in [0.29, 0.717) is 42.5 Å². The first kappa shape index (κ1) is 18.9. The molecule has 27 heavy (non-hydrogen) atoms. The van der Waals surface area contributed by atoms with E-state index in [0.717, 1.165) is 11.1 Å². The molecule has 0 radical (unpaired) electrons. The number of rotatable bonds is 6. The van der Waals surface area contributed by atoms with Crippen molar-refractivity contribution in [2.45, 2.75) is 39.8 Å². The SMILES string of the molecule is Cc1noc(CCCOc2c(C)cc(-c3noc(C(F)(F)F)n3)cc2C)n1. The summed E-state index contributed by atoms with van der Waals surface area (Å²) in [6.45, 7) is 5.79. The van der Waals surface area contributed by atoms with Crippen LogP contribution in [0.15, 0.2) is 21.2 Å². The topological polar surface area (TPSA) is 87.1 Å². The summed E-state index contributed by atoms with van der Waals surface area (Å²) in [6.07, 6.45) is -3.39. The summed E-state index contributed by atoms with van der Waals surface area (Å²) in [5.41, 5.74) is 1.95. The smallest absolute Gasteiger partial charge is 0.471 e. The van der Waals surface area contributed by atoms with Gasteiger partial charge >= 0.3 is 12.1 Å². The molecule has 0 bridgehead atoms. The van der Waals surface area contributed by atoms with Gasteiger partial charge in [0.05, 0.1) is 6.61 Å². The number of benzene rings is 1. The summed E-state index contributed by atoms with van der Waals surface area (Å²) in [7, 11) is 0. The molecule has 2 heterocycles. The average molecular weight is 382 g/mol. The van der Waals surface area contributed by atoms with E-state index < -0.39 is 12.1 Å². The Hall–Kier alpha value is -2.91. The van der Waals surface area contributed by atoms with Crippen LogP contribution in [-0.4, -0.2) is 26.9 Å². The Labute approximate surface area is 152 Å². The minimum Gasteiger partial charge on any atom is -0.493 e. The summed E-state index contributed by atoms with van der Waals surface area (Å²) in [6, 6.07) is 3.32. The highest BCUT2D eigenvalue weighted by Gasteiger charge is 2.38. The van der Waals surface area contributed by atoms with E-state index in [1.54, 1.807) is 32.9 Å². The Morgan fingerprint density at radius 1 is 1.00 bits per heavy atom. The van der Waals surface area contributed by atoms with E-state index in [2.05, 4.69) is 24.8 Å². The van der Waals surface area contributed by atoms with Gasteiger partial charge < -0.3 is 13.8 Å².